The minimum atomic E-state index is -0.122. The lowest BCUT2D eigenvalue weighted by Gasteiger charge is -2.18. The Labute approximate surface area is 176 Å². The molecule has 0 unspecified atom stereocenters. The van der Waals surface area contributed by atoms with Crippen LogP contribution in [0, 0.1) is 0 Å². The zero-order valence-electron chi connectivity index (χ0n) is 17.9. The third kappa shape index (κ3) is 4.51. The Morgan fingerprint density at radius 1 is 0.900 bits per heavy atom. The highest BCUT2D eigenvalue weighted by Gasteiger charge is 2.14. The number of hydrogen-bond acceptors (Lipinski definition) is 3. The van der Waals surface area contributed by atoms with E-state index in [1.54, 1.807) is 6.07 Å². The Hall–Kier alpha value is -3.21. The van der Waals surface area contributed by atoms with E-state index in [-0.39, 0.29) is 11.0 Å². The molecule has 0 aliphatic rings. The lowest BCUT2D eigenvalue weighted by atomic mass is 9.87. The molecular weight excluding hydrogens is 372 g/mol. The van der Waals surface area contributed by atoms with E-state index in [0.29, 0.717) is 11.6 Å². The second-order valence-corrected chi connectivity index (χ2v) is 8.81. The standard InChI is InChI=1S/C25H28N4O/c1-25(2,3)20-15-13-19(14-16-20)23-27-24-26-21(17-22(30)29(24)28-23)12-8-7-11-18-9-5-4-6-10-18/h4-6,9-10,13-17H,7-8,11-12H2,1-3H3,(H,26,27,28). The van der Waals surface area contributed by atoms with Gasteiger partial charge in [-0.25, -0.2) is 4.98 Å². The Morgan fingerprint density at radius 3 is 2.30 bits per heavy atom. The quantitative estimate of drug-likeness (QED) is 0.466. The van der Waals surface area contributed by atoms with Gasteiger partial charge in [-0.05, 0) is 42.2 Å². The molecule has 0 saturated heterocycles. The first-order chi connectivity index (χ1) is 14.4. The van der Waals surface area contributed by atoms with Crippen LogP contribution in [0.2, 0.25) is 0 Å². The van der Waals surface area contributed by atoms with Gasteiger partial charge in [0, 0.05) is 11.6 Å². The molecule has 0 radical (unpaired) electrons. The fraction of sp³-hybridized carbons (Fsp3) is 0.320. The molecule has 0 amide bonds. The zero-order valence-corrected chi connectivity index (χ0v) is 17.9. The average Bonchev–Trinajstić information content (AvgIpc) is 3.16. The van der Waals surface area contributed by atoms with Crippen LogP contribution in [0.3, 0.4) is 0 Å². The van der Waals surface area contributed by atoms with Gasteiger partial charge in [-0.2, -0.15) is 9.50 Å². The molecule has 0 aliphatic heterocycles. The van der Waals surface area contributed by atoms with Gasteiger partial charge in [-0.3, -0.25) is 9.89 Å². The van der Waals surface area contributed by atoms with Crippen molar-refractivity contribution in [3.05, 3.63) is 87.8 Å². The van der Waals surface area contributed by atoms with Gasteiger partial charge in [0.1, 0.15) is 0 Å². The smallest absolute Gasteiger partial charge is 0.271 e. The largest absolute Gasteiger partial charge is 0.274 e. The molecule has 0 bridgehead atoms. The summed E-state index contributed by atoms with van der Waals surface area (Å²) in [5.74, 6) is 1.08. The number of H-pyrrole nitrogens is 1. The van der Waals surface area contributed by atoms with Crippen molar-refractivity contribution in [2.45, 2.75) is 51.9 Å². The Balaban J connectivity index is 1.48. The van der Waals surface area contributed by atoms with Crippen LogP contribution >= 0.6 is 0 Å². The van der Waals surface area contributed by atoms with Crippen LogP contribution in [0.4, 0.5) is 0 Å². The fourth-order valence-corrected chi connectivity index (χ4v) is 3.59. The van der Waals surface area contributed by atoms with Crippen molar-refractivity contribution in [2.75, 3.05) is 0 Å². The van der Waals surface area contributed by atoms with E-state index in [2.05, 4.69) is 72.2 Å². The van der Waals surface area contributed by atoms with Crippen LogP contribution in [-0.4, -0.2) is 19.6 Å². The molecule has 2 aromatic heterocycles. The highest BCUT2D eigenvalue weighted by atomic mass is 16.1. The molecule has 2 aromatic carbocycles. The van der Waals surface area contributed by atoms with Crippen molar-refractivity contribution in [3.63, 3.8) is 0 Å². The maximum absolute atomic E-state index is 12.5. The normalized spacial score (nSPS) is 11.8. The molecular formula is C25H28N4O. The summed E-state index contributed by atoms with van der Waals surface area (Å²) >= 11 is 0. The number of fused-ring (bicyclic) bond motifs is 1. The summed E-state index contributed by atoms with van der Waals surface area (Å²) in [5, 5.41) is 3.08. The number of rotatable bonds is 6. The molecule has 0 spiro atoms. The first kappa shape index (κ1) is 20.1. The molecule has 0 atom stereocenters. The first-order valence-electron chi connectivity index (χ1n) is 10.5. The molecule has 4 aromatic rings. The average molecular weight is 401 g/mol. The number of aryl methyl sites for hydroxylation is 2. The van der Waals surface area contributed by atoms with Gasteiger partial charge in [0.15, 0.2) is 5.82 Å². The highest BCUT2D eigenvalue weighted by Crippen LogP contribution is 2.24. The van der Waals surface area contributed by atoms with Crippen molar-refractivity contribution in [3.8, 4) is 11.4 Å². The predicted octanol–water partition coefficient (Wildman–Crippen LogP) is 4.95. The van der Waals surface area contributed by atoms with E-state index in [1.807, 2.05) is 18.2 Å². The molecule has 30 heavy (non-hydrogen) atoms. The molecule has 0 fully saturated rings. The van der Waals surface area contributed by atoms with Gasteiger partial charge in [0.05, 0.1) is 5.69 Å². The third-order valence-electron chi connectivity index (χ3n) is 5.40. The molecule has 0 saturated carbocycles. The predicted molar refractivity (Wildman–Crippen MR) is 121 cm³/mol. The minimum Gasteiger partial charge on any atom is -0.271 e. The lowest BCUT2D eigenvalue weighted by molar-refractivity contribution is 0.590. The first-order valence-corrected chi connectivity index (χ1v) is 10.5. The van der Waals surface area contributed by atoms with Crippen LogP contribution in [0.15, 0.2) is 65.5 Å². The van der Waals surface area contributed by atoms with Gasteiger partial charge >= 0.3 is 0 Å². The van der Waals surface area contributed by atoms with E-state index in [0.717, 1.165) is 36.9 Å². The molecule has 4 rings (SSSR count). The SMILES string of the molecule is CC(C)(C)c1ccc(-c2nc3nc(CCCCc4ccccc4)cc(=O)n3[nH]2)cc1. The summed E-state index contributed by atoms with van der Waals surface area (Å²) in [6.07, 6.45) is 3.88. The number of unbranched alkanes of at least 4 members (excludes halogenated alkanes) is 1. The number of aromatic nitrogens is 4. The summed E-state index contributed by atoms with van der Waals surface area (Å²) in [6.45, 7) is 6.57. The third-order valence-corrected chi connectivity index (χ3v) is 5.40. The van der Waals surface area contributed by atoms with E-state index in [1.165, 1.54) is 15.6 Å². The van der Waals surface area contributed by atoms with E-state index in [4.69, 9.17) is 0 Å². The number of benzene rings is 2. The van der Waals surface area contributed by atoms with Crippen molar-refractivity contribution >= 4 is 5.78 Å². The second kappa shape index (κ2) is 8.27. The van der Waals surface area contributed by atoms with E-state index < -0.39 is 0 Å². The fourth-order valence-electron chi connectivity index (χ4n) is 3.59. The lowest BCUT2D eigenvalue weighted by Crippen LogP contribution is -2.15. The van der Waals surface area contributed by atoms with Crippen LogP contribution < -0.4 is 5.56 Å². The van der Waals surface area contributed by atoms with Crippen molar-refractivity contribution in [1.29, 1.82) is 0 Å². The van der Waals surface area contributed by atoms with E-state index >= 15 is 0 Å². The number of nitrogens with zero attached hydrogens (tertiary/aromatic N) is 3. The van der Waals surface area contributed by atoms with Crippen molar-refractivity contribution < 1.29 is 0 Å². The highest BCUT2D eigenvalue weighted by molar-refractivity contribution is 5.57. The van der Waals surface area contributed by atoms with Gasteiger partial charge in [0.2, 0.25) is 0 Å². The van der Waals surface area contributed by atoms with Crippen molar-refractivity contribution in [2.24, 2.45) is 0 Å². The summed E-state index contributed by atoms with van der Waals surface area (Å²) in [6, 6.07) is 20.4. The minimum absolute atomic E-state index is 0.0975. The summed E-state index contributed by atoms with van der Waals surface area (Å²) in [7, 11) is 0. The zero-order chi connectivity index (χ0) is 21.1. The van der Waals surface area contributed by atoms with Gasteiger partial charge in [-0.1, -0.05) is 75.4 Å². The van der Waals surface area contributed by atoms with Crippen LogP contribution in [0.25, 0.3) is 17.2 Å². The summed E-state index contributed by atoms with van der Waals surface area (Å²) in [5.41, 5.74) is 4.32. The Bertz CT molecular complexity index is 1180. The monoisotopic (exact) mass is 400 g/mol. The van der Waals surface area contributed by atoms with Gasteiger partial charge in [0.25, 0.3) is 11.3 Å². The van der Waals surface area contributed by atoms with Crippen LogP contribution in [0.1, 0.15) is 50.4 Å². The molecule has 2 heterocycles. The van der Waals surface area contributed by atoms with Gasteiger partial charge < -0.3 is 0 Å². The molecule has 5 heteroatoms. The molecule has 154 valence electrons. The number of nitrogens with one attached hydrogen (secondary N) is 1. The topological polar surface area (TPSA) is 63.1 Å². The molecule has 0 aliphatic carbocycles. The molecule has 1 N–H and O–H groups in total. The second-order valence-electron chi connectivity index (χ2n) is 8.81. The maximum atomic E-state index is 12.5. The van der Waals surface area contributed by atoms with E-state index in [9.17, 15) is 4.79 Å². The summed E-state index contributed by atoms with van der Waals surface area (Å²) < 4.78 is 1.42. The Morgan fingerprint density at radius 2 is 1.60 bits per heavy atom. The van der Waals surface area contributed by atoms with Crippen molar-refractivity contribution in [1.82, 2.24) is 19.6 Å². The maximum Gasteiger partial charge on any atom is 0.274 e. The number of aromatic amines is 1. The molecule has 5 nitrogen and oxygen atoms in total. The van der Waals surface area contributed by atoms with Crippen LogP contribution in [0.5, 0.6) is 0 Å². The number of hydrogen-bond donors (Lipinski definition) is 1. The van der Waals surface area contributed by atoms with Crippen LogP contribution in [-0.2, 0) is 18.3 Å². The summed E-state index contributed by atoms with van der Waals surface area (Å²) in [4.78, 5) is 21.7. The van der Waals surface area contributed by atoms with Gasteiger partial charge in [-0.15, -0.1) is 0 Å². The Kier molecular flexibility index (Phi) is 5.53.